The Kier molecular flexibility index (Phi) is 3.86. The smallest absolute Gasteiger partial charge is 0.236 e. The van der Waals surface area contributed by atoms with Gasteiger partial charge in [-0.05, 0) is 12.1 Å². The summed E-state index contributed by atoms with van der Waals surface area (Å²) in [6.45, 7) is -0.535. The van der Waals surface area contributed by atoms with E-state index in [0.29, 0.717) is 0 Å². The van der Waals surface area contributed by atoms with E-state index in [9.17, 15) is 14.0 Å². The van der Waals surface area contributed by atoms with Gasteiger partial charge in [0.05, 0.1) is 24.5 Å². The maximum atomic E-state index is 13.2. The van der Waals surface area contributed by atoms with Gasteiger partial charge in [-0.3, -0.25) is 9.59 Å². The van der Waals surface area contributed by atoms with Crippen molar-refractivity contribution in [2.75, 3.05) is 23.7 Å². The van der Waals surface area contributed by atoms with Crippen molar-refractivity contribution in [3.05, 3.63) is 24.0 Å². The molecule has 0 unspecified atom stereocenters. The molecule has 0 bridgehead atoms. The van der Waals surface area contributed by atoms with Crippen LogP contribution in [0.15, 0.2) is 18.2 Å². The lowest BCUT2D eigenvalue weighted by Crippen LogP contribution is -2.40. The molecule has 0 atom stereocenters. The molecule has 0 aliphatic carbocycles. The van der Waals surface area contributed by atoms with Crippen LogP contribution in [0.25, 0.3) is 0 Å². The molecule has 0 aromatic heterocycles. The van der Waals surface area contributed by atoms with E-state index in [1.165, 1.54) is 23.1 Å². The van der Waals surface area contributed by atoms with Crippen LogP contribution in [0.5, 0.6) is 0 Å². The third-order valence-corrected chi connectivity index (χ3v) is 2.06. The number of amides is 2. The van der Waals surface area contributed by atoms with Crippen molar-refractivity contribution in [2.45, 2.75) is 0 Å². The second kappa shape index (κ2) is 5.15. The van der Waals surface area contributed by atoms with Gasteiger partial charge in [-0.2, -0.15) is 0 Å². The topological polar surface area (TPSA) is 115 Å². The number of benzene rings is 1. The average molecular weight is 240 g/mol. The quantitative estimate of drug-likeness (QED) is 0.583. The highest BCUT2D eigenvalue weighted by Gasteiger charge is 2.16. The third-order valence-electron chi connectivity index (χ3n) is 2.06. The predicted octanol–water partition coefficient (Wildman–Crippen LogP) is -0.815. The Morgan fingerprint density at radius 1 is 1.18 bits per heavy atom. The first kappa shape index (κ1) is 12.8. The van der Waals surface area contributed by atoms with Gasteiger partial charge in [0.1, 0.15) is 5.82 Å². The van der Waals surface area contributed by atoms with Crippen LogP contribution in [-0.2, 0) is 9.59 Å². The standard InChI is InChI=1S/C10H13FN4O2/c11-6-2-1-3-7(10(6)14)15(4-8(12)16)5-9(13)17/h1-3H,4-5,14H2,(H2,12,16)(H2,13,17). The molecule has 0 saturated carbocycles. The Bertz CT molecular complexity index is 434. The van der Waals surface area contributed by atoms with Crippen molar-refractivity contribution in [1.29, 1.82) is 0 Å². The third kappa shape index (κ3) is 3.33. The van der Waals surface area contributed by atoms with Gasteiger partial charge in [0.25, 0.3) is 0 Å². The molecule has 0 spiro atoms. The molecule has 2 amide bonds. The van der Waals surface area contributed by atoms with Gasteiger partial charge < -0.3 is 22.1 Å². The van der Waals surface area contributed by atoms with Crippen LogP contribution < -0.4 is 22.1 Å². The molecule has 6 N–H and O–H groups in total. The van der Waals surface area contributed by atoms with Gasteiger partial charge in [-0.1, -0.05) is 6.07 Å². The molecule has 7 heteroatoms. The molecule has 1 aromatic rings. The molecule has 0 radical (unpaired) electrons. The van der Waals surface area contributed by atoms with Crippen molar-refractivity contribution in [1.82, 2.24) is 0 Å². The van der Waals surface area contributed by atoms with Crippen molar-refractivity contribution < 1.29 is 14.0 Å². The van der Waals surface area contributed by atoms with Crippen LogP contribution in [0, 0.1) is 5.82 Å². The Balaban J connectivity index is 3.07. The van der Waals surface area contributed by atoms with E-state index in [4.69, 9.17) is 17.2 Å². The molecule has 1 aromatic carbocycles. The SMILES string of the molecule is NC(=O)CN(CC(N)=O)c1cccc(F)c1N. The molecule has 17 heavy (non-hydrogen) atoms. The molecule has 92 valence electrons. The Hall–Kier alpha value is -2.31. The summed E-state index contributed by atoms with van der Waals surface area (Å²) in [5.74, 6) is -1.98. The van der Waals surface area contributed by atoms with Crippen LogP contribution in [0.1, 0.15) is 0 Å². The predicted molar refractivity (Wildman–Crippen MR) is 61.4 cm³/mol. The van der Waals surface area contributed by atoms with E-state index >= 15 is 0 Å². The Labute approximate surface area is 97.2 Å². The number of rotatable bonds is 5. The number of nitrogens with two attached hydrogens (primary N) is 3. The minimum absolute atomic E-state index is 0.157. The molecule has 1 rings (SSSR count). The molecular formula is C10H13FN4O2. The van der Waals surface area contributed by atoms with Crippen LogP contribution in [0.2, 0.25) is 0 Å². The zero-order valence-electron chi connectivity index (χ0n) is 9.02. The molecule has 0 aliphatic rings. The largest absolute Gasteiger partial charge is 0.395 e. The number of anilines is 2. The summed E-state index contributed by atoms with van der Waals surface area (Å²) in [4.78, 5) is 22.9. The first-order chi connectivity index (χ1) is 7.91. The summed E-state index contributed by atoms with van der Waals surface area (Å²) >= 11 is 0. The van der Waals surface area contributed by atoms with E-state index in [1.807, 2.05) is 0 Å². The number of hydrogen-bond donors (Lipinski definition) is 3. The van der Waals surface area contributed by atoms with Gasteiger partial charge >= 0.3 is 0 Å². The number of hydrogen-bond acceptors (Lipinski definition) is 4. The van der Waals surface area contributed by atoms with Crippen molar-refractivity contribution in [3.63, 3.8) is 0 Å². The van der Waals surface area contributed by atoms with Gasteiger partial charge in [-0.15, -0.1) is 0 Å². The van der Waals surface area contributed by atoms with Gasteiger partial charge in [0.15, 0.2) is 0 Å². The number of primary amides is 2. The second-order valence-electron chi connectivity index (χ2n) is 3.46. The van der Waals surface area contributed by atoms with E-state index in [-0.39, 0.29) is 24.5 Å². The zero-order valence-corrected chi connectivity index (χ0v) is 9.02. The molecule has 0 fully saturated rings. The van der Waals surface area contributed by atoms with Crippen LogP contribution >= 0.6 is 0 Å². The van der Waals surface area contributed by atoms with E-state index in [0.717, 1.165) is 0 Å². The summed E-state index contributed by atoms with van der Waals surface area (Å²) in [6.07, 6.45) is 0. The summed E-state index contributed by atoms with van der Waals surface area (Å²) in [5, 5.41) is 0. The highest BCUT2D eigenvalue weighted by atomic mass is 19.1. The Morgan fingerprint density at radius 3 is 2.18 bits per heavy atom. The summed E-state index contributed by atoms with van der Waals surface area (Å²) in [5.41, 5.74) is 15.6. The number of carbonyl (C=O) groups is 2. The fourth-order valence-corrected chi connectivity index (χ4v) is 1.40. The summed E-state index contributed by atoms with van der Waals surface area (Å²) in [6, 6.07) is 4.06. The highest BCUT2D eigenvalue weighted by molar-refractivity contribution is 5.86. The van der Waals surface area contributed by atoms with Crippen molar-refractivity contribution in [2.24, 2.45) is 11.5 Å². The van der Waals surface area contributed by atoms with E-state index < -0.39 is 17.6 Å². The molecule has 0 heterocycles. The first-order valence-corrected chi connectivity index (χ1v) is 4.77. The van der Waals surface area contributed by atoms with Crippen LogP contribution in [-0.4, -0.2) is 24.9 Å². The lowest BCUT2D eigenvalue weighted by Gasteiger charge is -2.23. The van der Waals surface area contributed by atoms with Crippen LogP contribution in [0.4, 0.5) is 15.8 Å². The molecule has 6 nitrogen and oxygen atoms in total. The first-order valence-electron chi connectivity index (χ1n) is 4.77. The van der Waals surface area contributed by atoms with Gasteiger partial charge in [0, 0.05) is 0 Å². The number of nitrogens with zero attached hydrogens (tertiary/aromatic N) is 1. The fraction of sp³-hybridized carbons (Fsp3) is 0.200. The van der Waals surface area contributed by atoms with Crippen molar-refractivity contribution in [3.8, 4) is 0 Å². The number of nitrogen functional groups attached to an aromatic ring is 1. The monoisotopic (exact) mass is 240 g/mol. The number of para-hydroxylation sites is 1. The zero-order chi connectivity index (χ0) is 13.0. The maximum absolute atomic E-state index is 13.2. The summed E-state index contributed by atoms with van der Waals surface area (Å²) in [7, 11) is 0. The van der Waals surface area contributed by atoms with E-state index in [2.05, 4.69) is 0 Å². The molecule has 0 aliphatic heterocycles. The number of carbonyl (C=O) groups excluding carboxylic acids is 2. The minimum atomic E-state index is -0.671. The van der Waals surface area contributed by atoms with Gasteiger partial charge in [0.2, 0.25) is 11.8 Å². The normalized spacial score (nSPS) is 9.94. The lowest BCUT2D eigenvalue weighted by atomic mass is 10.2. The Morgan fingerprint density at radius 2 is 1.71 bits per heavy atom. The summed E-state index contributed by atoms with van der Waals surface area (Å²) < 4.78 is 13.2. The maximum Gasteiger partial charge on any atom is 0.236 e. The molecule has 0 saturated heterocycles. The average Bonchev–Trinajstić information content (AvgIpc) is 2.19. The highest BCUT2D eigenvalue weighted by Crippen LogP contribution is 2.25. The molecular weight excluding hydrogens is 227 g/mol. The lowest BCUT2D eigenvalue weighted by molar-refractivity contribution is -0.117. The van der Waals surface area contributed by atoms with Crippen LogP contribution in [0.3, 0.4) is 0 Å². The second-order valence-corrected chi connectivity index (χ2v) is 3.46. The minimum Gasteiger partial charge on any atom is -0.395 e. The number of halogens is 1. The van der Waals surface area contributed by atoms with Crippen molar-refractivity contribution >= 4 is 23.2 Å². The fourth-order valence-electron chi connectivity index (χ4n) is 1.40. The van der Waals surface area contributed by atoms with E-state index in [1.54, 1.807) is 0 Å². The van der Waals surface area contributed by atoms with Gasteiger partial charge in [-0.25, -0.2) is 4.39 Å².